The van der Waals surface area contributed by atoms with Crippen LogP contribution in [0.2, 0.25) is 0 Å². The van der Waals surface area contributed by atoms with E-state index in [4.69, 9.17) is 0 Å². The van der Waals surface area contributed by atoms with Gasteiger partial charge in [-0.2, -0.15) is 0 Å². The maximum Gasteiger partial charge on any atom is 0.0514 e. The highest BCUT2D eigenvalue weighted by Gasteiger charge is 2.07. The van der Waals surface area contributed by atoms with Gasteiger partial charge in [-0.05, 0) is 56.2 Å². The topological polar surface area (TPSA) is 20.2 Å². The molecule has 0 spiro atoms. The van der Waals surface area contributed by atoms with Crippen molar-refractivity contribution in [2.24, 2.45) is 5.92 Å². The van der Waals surface area contributed by atoms with Gasteiger partial charge in [-0.3, -0.25) is 0 Å². The highest BCUT2D eigenvalue weighted by atomic mass is 16.3. The molecule has 84 valence electrons. The SMILES string of the molecule is Cc1ccc(CC(C)CC(C)O)cc1C. The first-order valence-electron chi connectivity index (χ1n) is 5.73. The summed E-state index contributed by atoms with van der Waals surface area (Å²) in [6.07, 6.45) is 1.76. The van der Waals surface area contributed by atoms with E-state index in [-0.39, 0.29) is 6.10 Å². The van der Waals surface area contributed by atoms with Crippen molar-refractivity contribution in [3.05, 3.63) is 34.9 Å². The van der Waals surface area contributed by atoms with Crippen LogP contribution in [-0.4, -0.2) is 11.2 Å². The zero-order valence-corrected chi connectivity index (χ0v) is 10.2. The van der Waals surface area contributed by atoms with Gasteiger partial charge in [0.2, 0.25) is 0 Å². The van der Waals surface area contributed by atoms with Crippen LogP contribution in [0.1, 0.15) is 37.0 Å². The summed E-state index contributed by atoms with van der Waals surface area (Å²) in [6, 6.07) is 6.63. The van der Waals surface area contributed by atoms with Crippen molar-refractivity contribution in [1.82, 2.24) is 0 Å². The number of aliphatic hydroxyl groups excluding tert-OH is 1. The predicted octanol–water partition coefficient (Wildman–Crippen LogP) is 3.25. The lowest BCUT2D eigenvalue weighted by atomic mass is 9.94. The highest BCUT2D eigenvalue weighted by Crippen LogP contribution is 2.16. The van der Waals surface area contributed by atoms with Crippen molar-refractivity contribution in [1.29, 1.82) is 0 Å². The molecule has 2 atom stereocenters. The van der Waals surface area contributed by atoms with Gasteiger partial charge in [-0.1, -0.05) is 25.1 Å². The van der Waals surface area contributed by atoms with Gasteiger partial charge < -0.3 is 5.11 Å². The van der Waals surface area contributed by atoms with Gasteiger partial charge in [0.25, 0.3) is 0 Å². The Kier molecular flexibility index (Phi) is 4.34. The smallest absolute Gasteiger partial charge is 0.0514 e. The van der Waals surface area contributed by atoms with Crippen LogP contribution in [-0.2, 0) is 6.42 Å². The average molecular weight is 206 g/mol. The second kappa shape index (κ2) is 5.32. The molecule has 15 heavy (non-hydrogen) atoms. The number of aryl methyl sites for hydroxylation is 2. The van der Waals surface area contributed by atoms with Crippen LogP contribution >= 0.6 is 0 Å². The molecule has 1 rings (SSSR count). The molecule has 1 nitrogen and oxygen atoms in total. The summed E-state index contributed by atoms with van der Waals surface area (Å²) in [5.41, 5.74) is 4.09. The van der Waals surface area contributed by atoms with Gasteiger partial charge in [0.05, 0.1) is 6.10 Å². The van der Waals surface area contributed by atoms with E-state index in [0.29, 0.717) is 5.92 Å². The van der Waals surface area contributed by atoms with E-state index in [1.807, 2.05) is 6.92 Å². The lowest BCUT2D eigenvalue weighted by Crippen LogP contribution is -2.09. The standard InChI is InChI=1S/C14H22O/c1-10(7-13(4)15)8-14-6-5-11(2)12(3)9-14/h5-6,9-10,13,15H,7-8H2,1-4H3. The van der Waals surface area contributed by atoms with E-state index in [9.17, 15) is 5.11 Å². The molecule has 1 N–H and O–H groups in total. The van der Waals surface area contributed by atoms with Crippen molar-refractivity contribution in [2.45, 2.75) is 46.6 Å². The van der Waals surface area contributed by atoms with E-state index >= 15 is 0 Å². The van der Waals surface area contributed by atoms with Gasteiger partial charge in [0, 0.05) is 0 Å². The summed E-state index contributed by atoms with van der Waals surface area (Å²) in [5, 5.41) is 9.30. The molecule has 1 aromatic carbocycles. The third-order valence-corrected chi connectivity index (χ3v) is 2.90. The van der Waals surface area contributed by atoms with Crippen molar-refractivity contribution < 1.29 is 5.11 Å². The van der Waals surface area contributed by atoms with Crippen LogP contribution in [0.5, 0.6) is 0 Å². The van der Waals surface area contributed by atoms with Gasteiger partial charge in [0.15, 0.2) is 0 Å². The minimum Gasteiger partial charge on any atom is -0.393 e. The van der Waals surface area contributed by atoms with Gasteiger partial charge in [-0.15, -0.1) is 0 Å². The highest BCUT2D eigenvalue weighted by molar-refractivity contribution is 5.30. The fraction of sp³-hybridized carbons (Fsp3) is 0.571. The molecular weight excluding hydrogens is 184 g/mol. The number of benzene rings is 1. The van der Waals surface area contributed by atoms with Crippen molar-refractivity contribution in [3.63, 3.8) is 0 Å². The molecule has 0 heterocycles. The predicted molar refractivity (Wildman–Crippen MR) is 65.1 cm³/mol. The van der Waals surface area contributed by atoms with Gasteiger partial charge in [0.1, 0.15) is 0 Å². The Balaban J connectivity index is 2.60. The maximum absolute atomic E-state index is 9.30. The first-order valence-corrected chi connectivity index (χ1v) is 5.73. The molecule has 0 radical (unpaired) electrons. The first kappa shape index (κ1) is 12.3. The second-order valence-corrected chi connectivity index (χ2v) is 4.81. The van der Waals surface area contributed by atoms with Crippen molar-refractivity contribution in [2.75, 3.05) is 0 Å². The summed E-state index contributed by atoms with van der Waals surface area (Å²) in [7, 11) is 0. The van der Waals surface area contributed by atoms with Crippen molar-refractivity contribution in [3.8, 4) is 0 Å². The van der Waals surface area contributed by atoms with Crippen LogP contribution in [0, 0.1) is 19.8 Å². The molecular formula is C14H22O. The number of hydrogen-bond donors (Lipinski definition) is 1. The summed E-state index contributed by atoms with van der Waals surface area (Å²) >= 11 is 0. The maximum atomic E-state index is 9.30. The zero-order valence-electron chi connectivity index (χ0n) is 10.2. The molecule has 0 aromatic heterocycles. The molecule has 0 amide bonds. The Morgan fingerprint density at radius 2 is 1.80 bits per heavy atom. The quantitative estimate of drug-likeness (QED) is 0.801. The summed E-state index contributed by atoms with van der Waals surface area (Å²) in [6.45, 7) is 8.34. The first-order chi connectivity index (χ1) is 6.99. The molecule has 0 fully saturated rings. The monoisotopic (exact) mass is 206 g/mol. The van der Waals surface area contributed by atoms with Crippen LogP contribution < -0.4 is 0 Å². The van der Waals surface area contributed by atoms with Crippen LogP contribution in [0.25, 0.3) is 0 Å². The molecule has 0 aliphatic heterocycles. The van der Waals surface area contributed by atoms with Crippen molar-refractivity contribution >= 4 is 0 Å². The minimum atomic E-state index is -0.188. The Morgan fingerprint density at radius 1 is 1.13 bits per heavy atom. The summed E-state index contributed by atoms with van der Waals surface area (Å²) < 4.78 is 0. The summed E-state index contributed by atoms with van der Waals surface area (Å²) in [4.78, 5) is 0. The molecule has 1 aromatic rings. The third-order valence-electron chi connectivity index (χ3n) is 2.90. The second-order valence-electron chi connectivity index (χ2n) is 4.81. The van der Waals surface area contributed by atoms with E-state index in [0.717, 1.165) is 12.8 Å². The fourth-order valence-electron chi connectivity index (χ4n) is 2.00. The van der Waals surface area contributed by atoms with Crippen LogP contribution in [0.4, 0.5) is 0 Å². The van der Waals surface area contributed by atoms with Gasteiger partial charge >= 0.3 is 0 Å². The van der Waals surface area contributed by atoms with E-state index < -0.39 is 0 Å². The number of hydrogen-bond acceptors (Lipinski definition) is 1. The molecule has 0 saturated heterocycles. The third kappa shape index (κ3) is 4.05. The number of rotatable bonds is 4. The average Bonchev–Trinajstić information content (AvgIpc) is 2.10. The lowest BCUT2D eigenvalue weighted by molar-refractivity contribution is 0.164. The molecule has 0 saturated carbocycles. The van der Waals surface area contributed by atoms with E-state index in [1.54, 1.807) is 0 Å². The van der Waals surface area contributed by atoms with Crippen LogP contribution in [0.3, 0.4) is 0 Å². The zero-order chi connectivity index (χ0) is 11.4. The molecule has 0 aliphatic carbocycles. The van der Waals surface area contributed by atoms with Crippen LogP contribution in [0.15, 0.2) is 18.2 Å². The minimum absolute atomic E-state index is 0.188. The fourth-order valence-corrected chi connectivity index (χ4v) is 2.00. The van der Waals surface area contributed by atoms with E-state index in [1.165, 1.54) is 16.7 Å². The Bertz CT molecular complexity index is 315. The summed E-state index contributed by atoms with van der Waals surface area (Å²) in [5.74, 6) is 0.548. The largest absolute Gasteiger partial charge is 0.393 e. The van der Waals surface area contributed by atoms with E-state index in [2.05, 4.69) is 39.0 Å². The number of aliphatic hydroxyl groups is 1. The normalized spacial score (nSPS) is 15.0. The molecule has 1 heteroatoms. The lowest BCUT2D eigenvalue weighted by Gasteiger charge is -2.14. The molecule has 0 bridgehead atoms. The molecule has 0 aliphatic rings. The van der Waals surface area contributed by atoms with Gasteiger partial charge in [-0.25, -0.2) is 0 Å². The Hall–Kier alpha value is -0.820. The Labute approximate surface area is 93.1 Å². The Morgan fingerprint density at radius 3 is 2.33 bits per heavy atom. The molecule has 2 unspecified atom stereocenters.